The predicted molar refractivity (Wildman–Crippen MR) is 84.2 cm³/mol. The molecular weight excluding hydrogens is 267 g/mol. The Morgan fingerprint density at radius 3 is 2.43 bits per heavy atom. The highest BCUT2D eigenvalue weighted by molar-refractivity contribution is 5.30. The van der Waals surface area contributed by atoms with Crippen LogP contribution in [0.2, 0.25) is 0 Å². The maximum Gasteiger partial charge on any atom is 0.165 e. The minimum Gasteiger partial charge on any atom is -0.494 e. The van der Waals surface area contributed by atoms with Crippen LogP contribution < -0.4 is 10.1 Å². The summed E-state index contributed by atoms with van der Waals surface area (Å²) in [6, 6.07) is 6.49. The third-order valence-corrected chi connectivity index (χ3v) is 4.42. The summed E-state index contributed by atoms with van der Waals surface area (Å²) in [4.78, 5) is 2.51. The molecule has 118 valence electrons. The molecule has 0 radical (unpaired) electrons. The third-order valence-electron chi connectivity index (χ3n) is 4.42. The Bertz CT molecular complexity index is 456. The lowest BCUT2D eigenvalue weighted by Crippen LogP contribution is -2.45. The minimum atomic E-state index is -0.293. The van der Waals surface area contributed by atoms with Gasteiger partial charge in [0, 0.05) is 18.1 Å². The first-order chi connectivity index (χ1) is 10.0. The summed E-state index contributed by atoms with van der Waals surface area (Å²) < 4.78 is 18.7. The molecule has 0 aromatic heterocycles. The standard InChI is InChI=1S/C17H27FN2O/c1-12(2)20-9-7-15(8-10-20)19-13(3)14-5-6-17(21-4)16(18)11-14/h5-6,11-13,15,19H,7-10H2,1-4H3. The maximum atomic E-state index is 13.8. The van der Waals surface area contributed by atoms with Crippen molar-refractivity contribution in [3.8, 4) is 5.75 Å². The third kappa shape index (κ3) is 4.17. The first-order valence-corrected chi connectivity index (χ1v) is 7.84. The van der Waals surface area contributed by atoms with E-state index >= 15 is 0 Å². The van der Waals surface area contributed by atoms with Gasteiger partial charge in [-0.3, -0.25) is 0 Å². The maximum absolute atomic E-state index is 13.8. The van der Waals surface area contributed by atoms with E-state index in [2.05, 4.69) is 31.0 Å². The van der Waals surface area contributed by atoms with E-state index in [1.807, 2.05) is 6.07 Å². The van der Waals surface area contributed by atoms with Crippen molar-refractivity contribution in [3.05, 3.63) is 29.6 Å². The molecule has 4 heteroatoms. The lowest BCUT2D eigenvalue weighted by Gasteiger charge is -2.36. The first-order valence-electron chi connectivity index (χ1n) is 7.84. The molecule has 1 N–H and O–H groups in total. The van der Waals surface area contributed by atoms with Crippen LogP contribution in [0.15, 0.2) is 18.2 Å². The molecule has 1 aliphatic rings. The van der Waals surface area contributed by atoms with Crippen LogP contribution in [0.4, 0.5) is 4.39 Å². The van der Waals surface area contributed by atoms with Crippen molar-refractivity contribution in [3.63, 3.8) is 0 Å². The van der Waals surface area contributed by atoms with Gasteiger partial charge in [-0.15, -0.1) is 0 Å². The van der Waals surface area contributed by atoms with Crippen LogP contribution in [0.5, 0.6) is 5.75 Å². The van der Waals surface area contributed by atoms with Crippen molar-refractivity contribution in [2.45, 2.75) is 51.7 Å². The lowest BCUT2D eigenvalue weighted by atomic mass is 10.0. The van der Waals surface area contributed by atoms with E-state index < -0.39 is 0 Å². The van der Waals surface area contributed by atoms with Gasteiger partial charge >= 0.3 is 0 Å². The normalized spacial score (nSPS) is 19.0. The monoisotopic (exact) mass is 294 g/mol. The zero-order valence-corrected chi connectivity index (χ0v) is 13.5. The van der Waals surface area contributed by atoms with Gasteiger partial charge in [-0.25, -0.2) is 4.39 Å². The van der Waals surface area contributed by atoms with Crippen LogP contribution in [-0.2, 0) is 0 Å². The molecule has 0 spiro atoms. The average molecular weight is 294 g/mol. The van der Waals surface area contributed by atoms with E-state index in [0.29, 0.717) is 17.8 Å². The summed E-state index contributed by atoms with van der Waals surface area (Å²) in [5.74, 6) is 0.00877. The quantitative estimate of drug-likeness (QED) is 0.901. The van der Waals surface area contributed by atoms with Gasteiger partial charge < -0.3 is 15.0 Å². The fourth-order valence-corrected chi connectivity index (χ4v) is 2.98. The van der Waals surface area contributed by atoms with Crippen LogP contribution in [-0.4, -0.2) is 37.2 Å². The predicted octanol–water partition coefficient (Wildman–Crippen LogP) is 3.36. The Kier molecular flexibility index (Phi) is 5.59. The van der Waals surface area contributed by atoms with Gasteiger partial charge in [0.1, 0.15) is 0 Å². The Balaban J connectivity index is 1.90. The summed E-state index contributed by atoms with van der Waals surface area (Å²) in [6.07, 6.45) is 2.31. The van der Waals surface area contributed by atoms with Crippen LogP contribution in [0.3, 0.4) is 0 Å². The number of rotatable bonds is 5. The molecular formula is C17H27FN2O. The number of halogens is 1. The molecule has 2 rings (SSSR count). The molecule has 1 atom stereocenters. The largest absolute Gasteiger partial charge is 0.494 e. The molecule has 1 heterocycles. The molecule has 1 saturated heterocycles. The SMILES string of the molecule is COc1ccc(C(C)NC2CCN(C(C)C)CC2)cc1F. The van der Waals surface area contributed by atoms with E-state index in [9.17, 15) is 4.39 Å². The number of methoxy groups -OCH3 is 1. The van der Waals surface area contributed by atoms with Gasteiger partial charge in [0.05, 0.1) is 7.11 Å². The smallest absolute Gasteiger partial charge is 0.165 e. The Morgan fingerprint density at radius 1 is 1.24 bits per heavy atom. The highest BCUT2D eigenvalue weighted by atomic mass is 19.1. The molecule has 0 saturated carbocycles. The van der Waals surface area contributed by atoms with Gasteiger partial charge in [-0.05, 0) is 64.4 Å². The Morgan fingerprint density at radius 2 is 1.90 bits per heavy atom. The summed E-state index contributed by atoms with van der Waals surface area (Å²) in [6.45, 7) is 8.86. The molecule has 0 amide bonds. The van der Waals surface area contributed by atoms with Crippen molar-refractivity contribution in [1.29, 1.82) is 0 Å². The molecule has 1 fully saturated rings. The molecule has 1 aliphatic heterocycles. The summed E-state index contributed by atoms with van der Waals surface area (Å²) >= 11 is 0. The average Bonchev–Trinajstić information content (AvgIpc) is 2.47. The number of benzene rings is 1. The number of nitrogens with zero attached hydrogens (tertiary/aromatic N) is 1. The highest BCUT2D eigenvalue weighted by Crippen LogP contribution is 2.23. The minimum absolute atomic E-state index is 0.154. The van der Waals surface area contributed by atoms with Gasteiger partial charge in [-0.2, -0.15) is 0 Å². The fourth-order valence-electron chi connectivity index (χ4n) is 2.98. The summed E-state index contributed by atoms with van der Waals surface area (Å²) in [7, 11) is 1.49. The molecule has 1 aromatic rings. The van der Waals surface area contributed by atoms with Gasteiger partial charge in [0.25, 0.3) is 0 Å². The Hall–Kier alpha value is -1.13. The van der Waals surface area contributed by atoms with Crippen LogP contribution in [0, 0.1) is 5.82 Å². The van der Waals surface area contributed by atoms with Crippen molar-refractivity contribution in [2.24, 2.45) is 0 Å². The second-order valence-corrected chi connectivity index (χ2v) is 6.19. The first kappa shape index (κ1) is 16.2. The zero-order valence-electron chi connectivity index (χ0n) is 13.5. The molecule has 3 nitrogen and oxygen atoms in total. The van der Waals surface area contributed by atoms with Crippen molar-refractivity contribution >= 4 is 0 Å². The molecule has 21 heavy (non-hydrogen) atoms. The number of piperidine rings is 1. The number of likely N-dealkylation sites (tertiary alicyclic amines) is 1. The lowest BCUT2D eigenvalue weighted by molar-refractivity contribution is 0.157. The zero-order chi connectivity index (χ0) is 15.4. The van der Waals surface area contributed by atoms with E-state index in [0.717, 1.165) is 31.5 Å². The summed E-state index contributed by atoms with van der Waals surface area (Å²) in [5, 5.41) is 3.63. The van der Waals surface area contributed by atoms with Crippen molar-refractivity contribution in [2.75, 3.05) is 20.2 Å². The van der Waals surface area contributed by atoms with Crippen LogP contribution in [0.1, 0.15) is 45.2 Å². The van der Waals surface area contributed by atoms with Crippen LogP contribution in [0.25, 0.3) is 0 Å². The molecule has 0 bridgehead atoms. The number of nitrogens with one attached hydrogen (secondary N) is 1. The van der Waals surface area contributed by atoms with E-state index in [1.54, 1.807) is 12.1 Å². The number of ether oxygens (including phenoxy) is 1. The molecule has 1 aromatic carbocycles. The summed E-state index contributed by atoms with van der Waals surface area (Å²) in [5.41, 5.74) is 0.972. The van der Waals surface area contributed by atoms with Crippen molar-refractivity contribution in [1.82, 2.24) is 10.2 Å². The van der Waals surface area contributed by atoms with Gasteiger partial charge in [0.2, 0.25) is 0 Å². The van der Waals surface area contributed by atoms with E-state index in [-0.39, 0.29) is 11.9 Å². The molecule has 1 unspecified atom stereocenters. The number of hydrogen-bond acceptors (Lipinski definition) is 3. The van der Waals surface area contributed by atoms with Gasteiger partial charge in [0.15, 0.2) is 11.6 Å². The molecule has 0 aliphatic carbocycles. The second kappa shape index (κ2) is 7.23. The number of hydrogen-bond donors (Lipinski definition) is 1. The Labute approximate surface area is 127 Å². The highest BCUT2D eigenvalue weighted by Gasteiger charge is 2.22. The topological polar surface area (TPSA) is 24.5 Å². The second-order valence-electron chi connectivity index (χ2n) is 6.19. The van der Waals surface area contributed by atoms with Crippen molar-refractivity contribution < 1.29 is 9.13 Å². The van der Waals surface area contributed by atoms with Gasteiger partial charge in [-0.1, -0.05) is 6.07 Å². The van der Waals surface area contributed by atoms with E-state index in [1.165, 1.54) is 7.11 Å². The fraction of sp³-hybridized carbons (Fsp3) is 0.647. The van der Waals surface area contributed by atoms with Crippen LogP contribution >= 0.6 is 0 Å². The van der Waals surface area contributed by atoms with E-state index in [4.69, 9.17) is 4.74 Å².